The van der Waals surface area contributed by atoms with Gasteiger partial charge < -0.3 is 19.7 Å². The first-order valence-corrected chi connectivity index (χ1v) is 8.32. The summed E-state index contributed by atoms with van der Waals surface area (Å²) in [6.07, 6.45) is 1.83. The van der Waals surface area contributed by atoms with Crippen molar-refractivity contribution in [2.24, 2.45) is 4.99 Å². The molecule has 120 valence electrons. The summed E-state index contributed by atoms with van der Waals surface area (Å²) in [5, 5.41) is 15.4. The third-order valence-electron chi connectivity index (χ3n) is 3.26. The van der Waals surface area contributed by atoms with Crippen LogP contribution in [-0.2, 0) is 6.42 Å². The third-order valence-corrected chi connectivity index (χ3v) is 4.19. The molecule has 2 heterocycles. The maximum absolute atomic E-state index is 10.0. The number of rotatable bonds is 7. The van der Waals surface area contributed by atoms with Crippen molar-refractivity contribution in [3.63, 3.8) is 0 Å². The normalized spacial score (nSPS) is 13.1. The molecule has 1 atom stereocenters. The van der Waals surface area contributed by atoms with Gasteiger partial charge in [0.25, 0.3) is 0 Å². The lowest BCUT2D eigenvalue weighted by molar-refractivity contribution is 0.158. The number of hydrogen-bond acceptors (Lipinski definition) is 4. The van der Waals surface area contributed by atoms with Gasteiger partial charge in [0.15, 0.2) is 5.96 Å². The molecule has 2 rings (SSSR count). The maximum Gasteiger partial charge on any atom is 0.193 e. The first-order chi connectivity index (χ1) is 10.7. The summed E-state index contributed by atoms with van der Waals surface area (Å²) in [5.74, 6) is 1.34. The largest absolute Gasteiger partial charge is 0.467 e. The molecule has 0 saturated heterocycles. The van der Waals surface area contributed by atoms with E-state index in [2.05, 4.69) is 32.7 Å². The van der Waals surface area contributed by atoms with Crippen molar-refractivity contribution >= 4 is 17.3 Å². The molecule has 0 fully saturated rings. The van der Waals surface area contributed by atoms with Gasteiger partial charge in [-0.15, -0.1) is 11.3 Å². The van der Waals surface area contributed by atoms with E-state index in [0.29, 0.717) is 5.76 Å². The molecule has 0 aliphatic rings. The fraction of sp³-hybridized carbons (Fsp3) is 0.438. The van der Waals surface area contributed by atoms with Crippen LogP contribution in [-0.4, -0.2) is 42.6 Å². The van der Waals surface area contributed by atoms with Crippen molar-refractivity contribution < 1.29 is 9.52 Å². The highest BCUT2D eigenvalue weighted by Gasteiger charge is 2.11. The van der Waals surface area contributed by atoms with E-state index >= 15 is 0 Å². The Morgan fingerprint density at radius 1 is 1.45 bits per heavy atom. The van der Waals surface area contributed by atoms with Gasteiger partial charge in [-0.2, -0.15) is 0 Å². The van der Waals surface area contributed by atoms with Crippen LogP contribution in [0, 0.1) is 0 Å². The SMILES string of the molecule is CCNC(=NCC(O)c1ccco1)N(C)CCc1cccs1. The Morgan fingerprint density at radius 3 is 2.95 bits per heavy atom. The highest BCUT2D eigenvalue weighted by molar-refractivity contribution is 7.09. The second-order valence-corrected chi connectivity index (χ2v) is 6.01. The molecule has 0 aliphatic carbocycles. The zero-order chi connectivity index (χ0) is 15.8. The Kier molecular flexibility index (Phi) is 6.48. The number of thiophene rings is 1. The molecule has 0 bridgehead atoms. The number of nitrogens with one attached hydrogen (secondary N) is 1. The van der Waals surface area contributed by atoms with Gasteiger partial charge in [-0.3, -0.25) is 0 Å². The van der Waals surface area contributed by atoms with E-state index in [1.165, 1.54) is 4.88 Å². The topological polar surface area (TPSA) is 61.0 Å². The van der Waals surface area contributed by atoms with Gasteiger partial charge >= 0.3 is 0 Å². The summed E-state index contributed by atoms with van der Waals surface area (Å²) in [7, 11) is 2.01. The summed E-state index contributed by atoms with van der Waals surface area (Å²) in [6, 6.07) is 7.73. The summed E-state index contributed by atoms with van der Waals surface area (Å²) in [4.78, 5) is 7.94. The molecular formula is C16H23N3O2S. The summed E-state index contributed by atoms with van der Waals surface area (Å²) < 4.78 is 5.19. The Labute approximate surface area is 135 Å². The lowest BCUT2D eigenvalue weighted by atomic mass is 10.3. The summed E-state index contributed by atoms with van der Waals surface area (Å²) in [5.41, 5.74) is 0. The highest BCUT2D eigenvalue weighted by atomic mass is 32.1. The van der Waals surface area contributed by atoms with Crippen LogP contribution in [0.25, 0.3) is 0 Å². The van der Waals surface area contributed by atoms with Crippen LogP contribution in [0.4, 0.5) is 0 Å². The van der Waals surface area contributed by atoms with Crippen LogP contribution in [0.5, 0.6) is 0 Å². The molecule has 1 unspecified atom stereocenters. The predicted octanol–water partition coefficient (Wildman–Crippen LogP) is 2.51. The number of hydrogen-bond donors (Lipinski definition) is 2. The number of aliphatic hydroxyl groups excluding tert-OH is 1. The number of furan rings is 1. The molecule has 5 nitrogen and oxygen atoms in total. The van der Waals surface area contributed by atoms with Crippen molar-refractivity contribution in [2.75, 3.05) is 26.7 Å². The average molecular weight is 321 g/mol. The minimum Gasteiger partial charge on any atom is -0.467 e. The summed E-state index contributed by atoms with van der Waals surface area (Å²) >= 11 is 1.77. The smallest absolute Gasteiger partial charge is 0.193 e. The van der Waals surface area contributed by atoms with Crippen molar-refractivity contribution in [1.29, 1.82) is 0 Å². The van der Waals surface area contributed by atoms with Gasteiger partial charge in [-0.25, -0.2) is 4.99 Å². The van der Waals surface area contributed by atoms with Gasteiger partial charge in [0.05, 0.1) is 12.8 Å². The number of guanidine groups is 1. The molecule has 0 spiro atoms. The minimum absolute atomic E-state index is 0.277. The number of aliphatic hydroxyl groups is 1. The van der Waals surface area contributed by atoms with E-state index in [0.717, 1.165) is 25.5 Å². The predicted molar refractivity (Wildman–Crippen MR) is 90.3 cm³/mol. The van der Waals surface area contributed by atoms with Crippen LogP contribution in [0.3, 0.4) is 0 Å². The molecular weight excluding hydrogens is 298 g/mol. The molecule has 2 N–H and O–H groups in total. The van der Waals surface area contributed by atoms with Crippen LogP contribution < -0.4 is 5.32 Å². The highest BCUT2D eigenvalue weighted by Crippen LogP contribution is 2.13. The van der Waals surface area contributed by atoms with Crippen LogP contribution in [0.15, 0.2) is 45.3 Å². The van der Waals surface area contributed by atoms with Gasteiger partial charge in [-0.1, -0.05) is 6.07 Å². The average Bonchev–Trinajstić information content (AvgIpc) is 3.21. The van der Waals surface area contributed by atoms with Gasteiger partial charge in [0.2, 0.25) is 0 Å². The lowest BCUT2D eigenvalue weighted by Gasteiger charge is -2.22. The minimum atomic E-state index is -0.714. The van der Waals surface area contributed by atoms with Crippen molar-refractivity contribution in [3.8, 4) is 0 Å². The number of aliphatic imine (C=N–C) groups is 1. The van der Waals surface area contributed by atoms with E-state index in [9.17, 15) is 5.11 Å². The Balaban J connectivity index is 1.90. The van der Waals surface area contributed by atoms with Crippen LogP contribution in [0.1, 0.15) is 23.7 Å². The summed E-state index contributed by atoms with van der Waals surface area (Å²) in [6.45, 7) is 3.98. The molecule has 0 saturated carbocycles. The number of likely N-dealkylation sites (N-methyl/N-ethyl adjacent to an activating group) is 1. The standard InChI is InChI=1S/C16H23N3O2S/c1-3-17-16(18-12-14(20)15-7-4-10-21-15)19(2)9-8-13-6-5-11-22-13/h4-7,10-11,14,20H,3,8-9,12H2,1-2H3,(H,17,18). The van der Waals surface area contributed by atoms with Gasteiger partial charge in [-0.05, 0) is 36.9 Å². The monoisotopic (exact) mass is 321 g/mol. The fourth-order valence-electron chi connectivity index (χ4n) is 2.05. The Bertz CT molecular complexity index is 552. The van der Waals surface area contributed by atoms with Gasteiger partial charge in [0.1, 0.15) is 11.9 Å². The quantitative estimate of drug-likeness (QED) is 0.608. The molecule has 2 aromatic rings. The Morgan fingerprint density at radius 2 is 2.32 bits per heavy atom. The van der Waals surface area contributed by atoms with E-state index in [1.807, 2.05) is 14.0 Å². The molecule has 0 radical (unpaired) electrons. The second kappa shape index (κ2) is 8.60. The molecule has 0 aliphatic heterocycles. The van der Waals surface area contributed by atoms with Crippen LogP contribution >= 0.6 is 11.3 Å². The molecule has 22 heavy (non-hydrogen) atoms. The zero-order valence-electron chi connectivity index (χ0n) is 13.0. The van der Waals surface area contributed by atoms with E-state index in [4.69, 9.17) is 4.42 Å². The lowest BCUT2D eigenvalue weighted by Crippen LogP contribution is -2.40. The zero-order valence-corrected chi connectivity index (χ0v) is 13.8. The van der Waals surface area contributed by atoms with Crippen LogP contribution in [0.2, 0.25) is 0 Å². The molecule has 2 aromatic heterocycles. The van der Waals surface area contributed by atoms with E-state index < -0.39 is 6.10 Å². The maximum atomic E-state index is 10.0. The van der Waals surface area contributed by atoms with E-state index in [-0.39, 0.29) is 6.54 Å². The van der Waals surface area contributed by atoms with Gasteiger partial charge in [0, 0.05) is 25.0 Å². The van der Waals surface area contributed by atoms with Crippen molar-refractivity contribution in [1.82, 2.24) is 10.2 Å². The second-order valence-electron chi connectivity index (χ2n) is 4.98. The molecule has 0 amide bonds. The van der Waals surface area contributed by atoms with E-state index in [1.54, 1.807) is 29.7 Å². The first-order valence-electron chi connectivity index (χ1n) is 7.44. The number of nitrogens with zero attached hydrogens (tertiary/aromatic N) is 2. The third kappa shape index (κ3) is 4.89. The first kappa shape index (κ1) is 16.6. The fourth-order valence-corrected chi connectivity index (χ4v) is 2.75. The molecule has 0 aromatic carbocycles. The Hall–Kier alpha value is -1.79. The van der Waals surface area contributed by atoms with Crippen molar-refractivity contribution in [3.05, 3.63) is 46.5 Å². The van der Waals surface area contributed by atoms with Crippen molar-refractivity contribution in [2.45, 2.75) is 19.4 Å². The molecule has 6 heteroatoms.